The van der Waals surface area contributed by atoms with Crippen molar-refractivity contribution in [1.29, 1.82) is 5.26 Å². The van der Waals surface area contributed by atoms with Gasteiger partial charge in [-0.2, -0.15) is 5.26 Å². The lowest BCUT2D eigenvalue weighted by Crippen LogP contribution is -2.21. The molecule has 0 saturated heterocycles. The molecule has 1 aliphatic rings. The first-order valence-corrected chi connectivity index (χ1v) is 6.68. The van der Waals surface area contributed by atoms with E-state index < -0.39 is 0 Å². The molecule has 6 heteroatoms. The van der Waals surface area contributed by atoms with E-state index in [1.807, 2.05) is 25.3 Å². The summed E-state index contributed by atoms with van der Waals surface area (Å²) in [5, 5.41) is 18.4. The molecule has 0 fully saturated rings. The second-order valence-electron chi connectivity index (χ2n) is 4.42. The van der Waals surface area contributed by atoms with Gasteiger partial charge in [-0.3, -0.25) is 5.10 Å². The van der Waals surface area contributed by atoms with Gasteiger partial charge in [0.2, 0.25) is 11.8 Å². The zero-order chi connectivity index (χ0) is 13.6. The summed E-state index contributed by atoms with van der Waals surface area (Å²) in [6, 6.07) is 4.19. The first-order chi connectivity index (χ1) is 9.13. The van der Waals surface area contributed by atoms with Crippen molar-refractivity contribution in [2.45, 2.75) is 19.8 Å². The maximum Gasteiger partial charge on any atom is 0.244 e. The molecule has 0 amide bonds. The number of aromatic nitrogens is 2. The van der Waals surface area contributed by atoms with Crippen LogP contribution in [0.1, 0.15) is 27.6 Å². The number of nitrogens with zero attached hydrogens (tertiary/aromatic N) is 2. The average Bonchev–Trinajstić information content (AvgIpc) is 2.95. The minimum absolute atomic E-state index is 0.136. The number of allylic oxidation sites excluding steroid dienone is 1. The van der Waals surface area contributed by atoms with Gasteiger partial charge in [0.1, 0.15) is 11.6 Å². The van der Waals surface area contributed by atoms with E-state index in [0.29, 0.717) is 11.5 Å². The third-order valence-electron chi connectivity index (χ3n) is 3.34. The maximum atomic E-state index is 9.38. The van der Waals surface area contributed by atoms with Crippen molar-refractivity contribution in [3.8, 4) is 11.9 Å². The van der Waals surface area contributed by atoms with E-state index in [2.05, 4.69) is 16.3 Å². The summed E-state index contributed by atoms with van der Waals surface area (Å²) in [6.07, 6.45) is 0. The number of nitrogens with one attached hydrogen (secondary N) is 1. The summed E-state index contributed by atoms with van der Waals surface area (Å²) >= 11 is 1.65. The van der Waals surface area contributed by atoms with Crippen molar-refractivity contribution < 1.29 is 4.74 Å². The predicted molar refractivity (Wildman–Crippen MR) is 71.7 cm³/mol. The Kier molecular flexibility index (Phi) is 2.57. The lowest BCUT2D eigenvalue weighted by molar-refractivity contribution is 0.379. The van der Waals surface area contributed by atoms with Crippen LogP contribution in [0.5, 0.6) is 5.88 Å². The van der Waals surface area contributed by atoms with Crippen LogP contribution < -0.4 is 10.5 Å². The Morgan fingerprint density at radius 1 is 1.53 bits per heavy atom. The van der Waals surface area contributed by atoms with E-state index in [0.717, 1.165) is 16.8 Å². The van der Waals surface area contributed by atoms with Gasteiger partial charge in [0, 0.05) is 16.1 Å². The Bertz CT molecular complexity index is 719. The summed E-state index contributed by atoms with van der Waals surface area (Å²) in [5.41, 5.74) is 9.16. The summed E-state index contributed by atoms with van der Waals surface area (Å²) < 4.78 is 5.42. The number of H-pyrrole nitrogens is 1. The van der Waals surface area contributed by atoms with Gasteiger partial charge in [0.25, 0.3) is 0 Å². The van der Waals surface area contributed by atoms with E-state index in [1.165, 1.54) is 4.88 Å². The van der Waals surface area contributed by atoms with Gasteiger partial charge in [-0.15, -0.1) is 16.4 Å². The maximum absolute atomic E-state index is 9.38. The molecule has 0 saturated carbocycles. The fourth-order valence-corrected chi connectivity index (χ4v) is 3.14. The van der Waals surface area contributed by atoms with Gasteiger partial charge >= 0.3 is 0 Å². The number of aromatic amines is 1. The molecule has 2 aromatic heterocycles. The van der Waals surface area contributed by atoms with E-state index in [4.69, 9.17) is 10.5 Å². The Balaban J connectivity index is 2.28. The number of nitriles is 1. The topological polar surface area (TPSA) is 87.7 Å². The van der Waals surface area contributed by atoms with Crippen LogP contribution in [0.15, 0.2) is 22.9 Å². The number of fused-ring (bicyclic) bond motifs is 1. The molecule has 0 aliphatic carbocycles. The van der Waals surface area contributed by atoms with Gasteiger partial charge in [0.15, 0.2) is 0 Å². The quantitative estimate of drug-likeness (QED) is 0.833. The van der Waals surface area contributed by atoms with Crippen LogP contribution in [-0.2, 0) is 0 Å². The first-order valence-electron chi connectivity index (χ1n) is 5.80. The van der Waals surface area contributed by atoms with Crippen molar-refractivity contribution in [1.82, 2.24) is 10.2 Å². The third kappa shape index (κ3) is 1.63. The lowest BCUT2D eigenvalue weighted by atomic mass is 9.84. The van der Waals surface area contributed by atoms with E-state index in [1.54, 1.807) is 11.3 Å². The van der Waals surface area contributed by atoms with Gasteiger partial charge in [-0.05, 0) is 30.9 Å². The van der Waals surface area contributed by atoms with Crippen LogP contribution in [0.4, 0.5) is 0 Å². The molecule has 3 heterocycles. The first kappa shape index (κ1) is 11.8. The lowest BCUT2D eigenvalue weighted by Gasteiger charge is -2.23. The largest absolute Gasteiger partial charge is 0.420 e. The van der Waals surface area contributed by atoms with E-state index >= 15 is 0 Å². The molecule has 0 aromatic carbocycles. The number of rotatable bonds is 1. The molecule has 0 bridgehead atoms. The Labute approximate surface area is 114 Å². The van der Waals surface area contributed by atoms with Gasteiger partial charge in [0.05, 0.1) is 5.92 Å². The van der Waals surface area contributed by atoms with Crippen molar-refractivity contribution in [3.63, 3.8) is 0 Å². The Morgan fingerprint density at radius 2 is 2.32 bits per heavy atom. The zero-order valence-electron chi connectivity index (χ0n) is 10.5. The molecule has 0 radical (unpaired) electrons. The van der Waals surface area contributed by atoms with Crippen LogP contribution in [-0.4, -0.2) is 10.2 Å². The molecule has 1 aliphatic heterocycles. The summed E-state index contributed by atoms with van der Waals surface area (Å²) in [5.74, 6) is 0.403. The summed E-state index contributed by atoms with van der Waals surface area (Å²) in [4.78, 5) is 1.17. The monoisotopic (exact) mass is 272 g/mol. The molecule has 19 heavy (non-hydrogen) atoms. The van der Waals surface area contributed by atoms with Crippen molar-refractivity contribution in [2.75, 3.05) is 0 Å². The fourth-order valence-electron chi connectivity index (χ4n) is 2.40. The molecular weight excluding hydrogens is 260 g/mol. The second kappa shape index (κ2) is 4.14. The van der Waals surface area contributed by atoms with Crippen molar-refractivity contribution in [3.05, 3.63) is 44.6 Å². The number of aryl methyl sites for hydroxylation is 2. The smallest absolute Gasteiger partial charge is 0.244 e. The van der Waals surface area contributed by atoms with Crippen molar-refractivity contribution >= 4 is 11.3 Å². The third-order valence-corrected chi connectivity index (χ3v) is 4.20. The standard InChI is InChI=1S/C13H12N4OS/c1-6-10-11(8-3-4-19-7(8)2)9(5-14)12(15)18-13(10)17-16-6/h3-4,11H,15H2,1-2H3,(H,16,17). The van der Waals surface area contributed by atoms with Crippen LogP contribution in [0.2, 0.25) is 0 Å². The van der Waals surface area contributed by atoms with Crippen LogP contribution in [0, 0.1) is 25.2 Å². The highest BCUT2D eigenvalue weighted by atomic mass is 32.1. The fraction of sp³-hybridized carbons (Fsp3) is 0.231. The highest BCUT2D eigenvalue weighted by molar-refractivity contribution is 7.10. The molecular formula is C13H12N4OS. The highest BCUT2D eigenvalue weighted by Gasteiger charge is 2.35. The number of ether oxygens (including phenoxy) is 1. The highest BCUT2D eigenvalue weighted by Crippen LogP contribution is 2.44. The molecule has 96 valence electrons. The molecule has 5 nitrogen and oxygen atoms in total. The van der Waals surface area contributed by atoms with E-state index in [-0.39, 0.29) is 11.8 Å². The predicted octanol–water partition coefficient (Wildman–Crippen LogP) is 2.31. The molecule has 1 atom stereocenters. The van der Waals surface area contributed by atoms with Crippen LogP contribution >= 0.6 is 11.3 Å². The summed E-state index contributed by atoms with van der Waals surface area (Å²) in [7, 11) is 0. The molecule has 2 aromatic rings. The summed E-state index contributed by atoms with van der Waals surface area (Å²) in [6.45, 7) is 3.95. The minimum atomic E-state index is -0.196. The molecule has 3 rings (SSSR count). The molecule has 1 unspecified atom stereocenters. The number of hydrogen-bond acceptors (Lipinski definition) is 5. The minimum Gasteiger partial charge on any atom is -0.420 e. The van der Waals surface area contributed by atoms with Crippen LogP contribution in [0.3, 0.4) is 0 Å². The average molecular weight is 272 g/mol. The Morgan fingerprint density at radius 3 is 2.95 bits per heavy atom. The van der Waals surface area contributed by atoms with Crippen LogP contribution in [0.25, 0.3) is 0 Å². The molecule has 3 N–H and O–H groups in total. The van der Waals surface area contributed by atoms with Crippen molar-refractivity contribution in [2.24, 2.45) is 5.73 Å². The number of hydrogen-bond donors (Lipinski definition) is 2. The second-order valence-corrected chi connectivity index (χ2v) is 5.54. The molecule has 0 spiro atoms. The SMILES string of the molecule is Cc1[nH]nc2c1C(c1ccsc1C)C(C#N)=C(N)O2. The normalized spacial score (nSPS) is 17.8. The zero-order valence-corrected chi connectivity index (χ0v) is 11.3. The number of nitrogens with two attached hydrogens (primary N) is 1. The van der Waals surface area contributed by atoms with E-state index in [9.17, 15) is 5.26 Å². The van der Waals surface area contributed by atoms with Gasteiger partial charge in [-0.25, -0.2) is 0 Å². The number of thiophene rings is 1. The van der Waals surface area contributed by atoms with Gasteiger partial charge < -0.3 is 10.5 Å². The Hall–Kier alpha value is -2.26. The van der Waals surface area contributed by atoms with Gasteiger partial charge in [-0.1, -0.05) is 0 Å².